The summed E-state index contributed by atoms with van der Waals surface area (Å²) in [5, 5.41) is 0. The highest BCUT2D eigenvalue weighted by Gasteiger charge is 2.20. The molecule has 1 fully saturated rings. The lowest BCUT2D eigenvalue weighted by molar-refractivity contribution is -0.0499. The molecule has 1 saturated heterocycles. The molecule has 0 radical (unpaired) electrons. The Balaban J connectivity index is 2.18. The first-order valence-corrected chi connectivity index (χ1v) is 6.48. The topological polar surface area (TPSA) is 38.8 Å². The van der Waals surface area contributed by atoms with Crippen LogP contribution in [0, 0.1) is 0 Å². The summed E-state index contributed by atoms with van der Waals surface area (Å²) in [5.41, 5.74) is 0.312. The molecule has 0 aromatic heterocycles. The molecule has 0 spiro atoms. The van der Waals surface area contributed by atoms with E-state index >= 15 is 0 Å². The SMILES string of the molecule is O=C(c1cc(Br)cc(OC(F)F)c1)N1CCOCC1. The Morgan fingerprint density at radius 1 is 1.32 bits per heavy atom. The van der Waals surface area contributed by atoms with E-state index in [1.807, 2.05) is 0 Å². The zero-order chi connectivity index (χ0) is 13.8. The Bertz CT molecular complexity index is 464. The molecular formula is C12H12BrF2NO3. The third-order valence-electron chi connectivity index (χ3n) is 2.64. The van der Waals surface area contributed by atoms with E-state index in [9.17, 15) is 13.6 Å². The van der Waals surface area contributed by atoms with Crippen LogP contribution in [-0.4, -0.2) is 43.7 Å². The third kappa shape index (κ3) is 3.87. The quantitative estimate of drug-likeness (QED) is 0.852. The van der Waals surface area contributed by atoms with E-state index in [4.69, 9.17) is 4.74 Å². The molecule has 2 rings (SSSR count). The zero-order valence-electron chi connectivity index (χ0n) is 9.94. The number of ether oxygens (including phenoxy) is 2. The molecule has 4 nitrogen and oxygen atoms in total. The first-order chi connectivity index (χ1) is 9.06. The fourth-order valence-corrected chi connectivity index (χ4v) is 2.28. The molecule has 1 aliphatic heterocycles. The van der Waals surface area contributed by atoms with Crippen LogP contribution in [0.1, 0.15) is 10.4 Å². The predicted molar refractivity (Wildman–Crippen MR) is 67.5 cm³/mol. The number of nitrogens with zero attached hydrogens (tertiary/aromatic N) is 1. The van der Waals surface area contributed by atoms with Crippen LogP contribution < -0.4 is 4.74 Å². The maximum atomic E-state index is 12.2. The summed E-state index contributed by atoms with van der Waals surface area (Å²) < 4.78 is 34.4. The van der Waals surface area contributed by atoms with Crippen molar-refractivity contribution in [3.05, 3.63) is 28.2 Å². The van der Waals surface area contributed by atoms with Gasteiger partial charge >= 0.3 is 6.61 Å². The molecule has 1 aromatic carbocycles. The minimum absolute atomic E-state index is 0.0408. The van der Waals surface area contributed by atoms with Crippen LogP contribution in [0.15, 0.2) is 22.7 Å². The standard InChI is InChI=1S/C12H12BrF2NO3/c13-9-5-8(6-10(7-9)19-12(14)15)11(17)16-1-3-18-4-2-16/h5-7,12H,1-4H2. The normalized spacial score (nSPS) is 15.7. The summed E-state index contributed by atoms with van der Waals surface area (Å²) in [7, 11) is 0. The van der Waals surface area contributed by atoms with Crippen molar-refractivity contribution < 1.29 is 23.0 Å². The van der Waals surface area contributed by atoms with E-state index < -0.39 is 6.61 Å². The number of carbonyl (C=O) groups is 1. The molecule has 1 aromatic rings. The van der Waals surface area contributed by atoms with Gasteiger partial charge in [0.2, 0.25) is 0 Å². The molecule has 0 atom stereocenters. The fraction of sp³-hybridized carbons (Fsp3) is 0.417. The van der Waals surface area contributed by atoms with Crippen molar-refractivity contribution in [1.82, 2.24) is 4.90 Å². The molecule has 1 aliphatic rings. The Morgan fingerprint density at radius 3 is 2.63 bits per heavy atom. The number of alkyl halides is 2. The maximum absolute atomic E-state index is 12.2. The number of hydrogen-bond acceptors (Lipinski definition) is 3. The van der Waals surface area contributed by atoms with E-state index in [1.165, 1.54) is 12.1 Å². The van der Waals surface area contributed by atoms with Gasteiger partial charge in [0.1, 0.15) is 5.75 Å². The molecule has 0 saturated carbocycles. The van der Waals surface area contributed by atoms with Crippen LogP contribution in [0.25, 0.3) is 0 Å². The third-order valence-corrected chi connectivity index (χ3v) is 3.10. The van der Waals surface area contributed by atoms with Crippen molar-refractivity contribution in [1.29, 1.82) is 0 Å². The van der Waals surface area contributed by atoms with Gasteiger partial charge in [-0.05, 0) is 18.2 Å². The summed E-state index contributed by atoms with van der Waals surface area (Å²) >= 11 is 3.17. The van der Waals surface area contributed by atoms with Crippen molar-refractivity contribution in [2.75, 3.05) is 26.3 Å². The highest BCUT2D eigenvalue weighted by molar-refractivity contribution is 9.10. The van der Waals surface area contributed by atoms with Gasteiger partial charge in [-0.2, -0.15) is 8.78 Å². The second-order valence-corrected chi connectivity index (χ2v) is 4.87. The van der Waals surface area contributed by atoms with E-state index in [0.717, 1.165) is 0 Å². The average Bonchev–Trinajstić information content (AvgIpc) is 2.37. The molecular weight excluding hydrogens is 324 g/mol. The lowest BCUT2D eigenvalue weighted by Gasteiger charge is -2.27. The van der Waals surface area contributed by atoms with Crippen LogP contribution in [0.3, 0.4) is 0 Å². The molecule has 0 aliphatic carbocycles. The number of carbonyl (C=O) groups excluding carboxylic acids is 1. The monoisotopic (exact) mass is 335 g/mol. The zero-order valence-corrected chi connectivity index (χ0v) is 11.5. The predicted octanol–water partition coefficient (Wildman–Crippen LogP) is 2.52. The average molecular weight is 336 g/mol. The van der Waals surface area contributed by atoms with Crippen molar-refractivity contribution in [3.63, 3.8) is 0 Å². The van der Waals surface area contributed by atoms with E-state index in [1.54, 1.807) is 11.0 Å². The highest BCUT2D eigenvalue weighted by Crippen LogP contribution is 2.24. The van der Waals surface area contributed by atoms with Gasteiger partial charge in [0, 0.05) is 23.1 Å². The second kappa shape index (κ2) is 6.29. The summed E-state index contributed by atoms with van der Waals surface area (Å²) in [4.78, 5) is 13.8. The van der Waals surface area contributed by atoms with E-state index in [-0.39, 0.29) is 11.7 Å². The molecule has 104 valence electrons. The van der Waals surface area contributed by atoms with Crippen molar-refractivity contribution in [3.8, 4) is 5.75 Å². The summed E-state index contributed by atoms with van der Waals surface area (Å²) in [5.74, 6) is -0.260. The summed E-state index contributed by atoms with van der Waals surface area (Å²) in [6.45, 7) is -0.951. The van der Waals surface area contributed by atoms with Gasteiger partial charge in [-0.1, -0.05) is 15.9 Å². The molecule has 0 unspecified atom stereocenters. The van der Waals surface area contributed by atoms with Gasteiger partial charge in [-0.3, -0.25) is 4.79 Å². The Hall–Kier alpha value is -1.21. The number of benzene rings is 1. The lowest BCUT2D eigenvalue weighted by Crippen LogP contribution is -2.40. The van der Waals surface area contributed by atoms with Gasteiger partial charge in [0.05, 0.1) is 13.2 Å². The highest BCUT2D eigenvalue weighted by atomic mass is 79.9. The van der Waals surface area contributed by atoms with Crippen LogP contribution >= 0.6 is 15.9 Å². The van der Waals surface area contributed by atoms with Crippen molar-refractivity contribution in [2.24, 2.45) is 0 Å². The maximum Gasteiger partial charge on any atom is 0.387 e. The van der Waals surface area contributed by atoms with Crippen LogP contribution in [0.5, 0.6) is 5.75 Å². The van der Waals surface area contributed by atoms with Gasteiger partial charge in [0.25, 0.3) is 5.91 Å². The van der Waals surface area contributed by atoms with Crippen LogP contribution in [0.4, 0.5) is 8.78 Å². The number of halogens is 3. The number of rotatable bonds is 3. The number of hydrogen-bond donors (Lipinski definition) is 0. The first-order valence-electron chi connectivity index (χ1n) is 5.68. The van der Waals surface area contributed by atoms with E-state index in [0.29, 0.717) is 36.3 Å². The molecule has 1 amide bonds. The van der Waals surface area contributed by atoms with Crippen LogP contribution in [-0.2, 0) is 4.74 Å². The number of morpholine rings is 1. The van der Waals surface area contributed by atoms with Gasteiger partial charge in [-0.15, -0.1) is 0 Å². The molecule has 0 N–H and O–H groups in total. The Labute approximate surface area is 117 Å². The van der Waals surface area contributed by atoms with E-state index in [2.05, 4.69) is 20.7 Å². The molecule has 7 heteroatoms. The summed E-state index contributed by atoms with van der Waals surface area (Å²) in [6.07, 6.45) is 0. The summed E-state index contributed by atoms with van der Waals surface area (Å²) in [6, 6.07) is 4.28. The fourth-order valence-electron chi connectivity index (χ4n) is 1.81. The Morgan fingerprint density at radius 2 is 2.00 bits per heavy atom. The smallest absolute Gasteiger partial charge is 0.387 e. The molecule has 0 bridgehead atoms. The van der Waals surface area contributed by atoms with Gasteiger partial charge in [0.15, 0.2) is 0 Å². The van der Waals surface area contributed by atoms with Crippen LogP contribution in [0.2, 0.25) is 0 Å². The van der Waals surface area contributed by atoms with Gasteiger partial charge < -0.3 is 14.4 Å². The minimum Gasteiger partial charge on any atom is -0.435 e. The van der Waals surface area contributed by atoms with Crippen molar-refractivity contribution >= 4 is 21.8 Å². The second-order valence-electron chi connectivity index (χ2n) is 3.96. The van der Waals surface area contributed by atoms with Gasteiger partial charge in [-0.25, -0.2) is 0 Å². The largest absolute Gasteiger partial charge is 0.435 e. The molecule has 19 heavy (non-hydrogen) atoms. The van der Waals surface area contributed by atoms with Crippen molar-refractivity contribution in [2.45, 2.75) is 6.61 Å². The Kier molecular flexibility index (Phi) is 4.71. The number of amides is 1. The first kappa shape index (κ1) is 14.2. The lowest BCUT2D eigenvalue weighted by atomic mass is 10.2. The minimum atomic E-state index is -2.92. The molecule has 1 heterocycles.